The number of nitrogens with one attached hydrogen (secondary N) is 1. The number of carbonyl (C=O) groups is 1. The first-order valence-electron chi connectivity index (χ1n) is 7.51. The van der Waals surface area contributed by atoms with E-state index >= 15 is 0 Å². The molecule has 1 aliphatic heterocycles. The van der Waals surface area contributed by atoms with Gasteiger partial charge in [-0.25, -0.2) is 0 Å². The summed E-state index contributed by atoms with van der Waals surface area (Å²) in [6, 6.07) is 10.1. The third kappa shape index (κ3) is 2.63. The Labute approximate surface area is 125 Å². The van der Waals surface area contributed by atoms with Crippen LogP contribution in [0, 0.1) is 5.92 Å². The molecule has 1 N–H and O–H groups in total. The van der Waals surface area contributed by atoms with E-state index in [9.17, 15) is 4.79 Å². The highest BCUT2D eigenvalue weighted by atomic mass is 16.2. The predicted octanol–water partition coefficient (Wildman–Crippen LogP) is 2.30. The Morgan fingerprint density at radius 3 is 2.95 bits per heavy atom. The van der Waals surface area contributed by atoms with E-state index in [1.54, 1.807) is 6.20 Å². The maximum atomic E-state index is 12.8. The molecule has 2 aromatic rings. The summed E-state index contributed by atoms with van der Waals surface area (Å²) < 4.78 is 0. The summed E-state index contributed by atoms with van der Waals surface area (Å²) in [6.07, 6.45) is 2.77. The smallest absolute Gasteiger partial charge is 0.254 e. The maximum absolute atomic E-state index is 12.8. The van der Waals surface area contributed by atoms with Crippen molar-refractivity contribution in [3.63, 3.8) is 0 Å². The molecule has 4 nitrogen and oxygen atoms in total. The maximum Gasteiger partial charge on any atom is 0.254 e. The van der Waals surface area contributed by atoms with Crippen LogP contribution < -0.4 is 5.32 Å². The molecule has 0 spiro atoms. The minimum atomic E-state index is 0.120. The number of likely N-dealkylation sites (tertiary alicyclic amines) is 1. The lowest BCUT2D eigenvalue weighted by Gasteiger charge is -2.37. The first-order valence-corrected chi connectivity index (χ1v) is 7.51. The van der Waals surface area contributed by atoms with Gasteiger partial charge in [0.05, 0.1) is 5.52 Å². The second-order valence-corrected chi connectivity index (χ2v) is 5.79. The lowest BCUT2D eigenvalue weighted by atomic mass is 9.93. The molecule has 21 heavy (non-hydrogen) atoms. The highest BCUT2D eigenvalue weighted by molar-refractivity contribution is 6.06. The number of rotatable bonds is 2. The molecule has 0 saturated carbocycles. The van der Waals surface area contributed by atoms with Gasteiger partial charge in [0.2, 0.25) is 0 Å². The molecule has 3 rings (SSSR count). The molecule has 1 saturated heterocycles. The van der Waals surface area contributed by atoms with E-state index in [0.717, 1.165) is 36.0 Å². The fourth-order valence-electron chi connectivity index (χ4n) is 3.22. The van der Waals surface area contributed by atoms with Crippen molar-refractivity contribution in [1.82, 2.24) is 15.2 Å². The van der Waals surface area contributed by atoms with Crippen molar-refractivity contribution in [1.29, 1.82) is 0 Å². The van der Waals surface area contributed by atoms with Gasteiger partial charge < -0.3 is 10.2 Å². The Hall–Kier alpha value is -1.94. The van der Waals surface area contributed by atoms with E-state index in [1.807, 2.05) is 42.3 Å². The van der Waals surface area contributed by atoms with Gasteiger partial charge in [-0.2, -0.15) is 0 Å². The molecule has 1 aliphatic rings. The van der Waals surface area contributed by atoms with Gasteiger partial charge in [-0.15, -0.1) is 0 Å². The molecule has 0 radical (unpaired) electrons. The van der Waals surface area contributed by atoms with Gasteiger partial charge in [-0.05, 0) is 37.6 Å². The number of amides is 1. The fourth-order valence-corrected chi connectivity index (χ4v) is 3.22. The van der Waals surface area contributed by atoms with Crippen molar-refractivity contribution in [2.45, 2.75) is 19.4 Å². The number of piperidine rings is 1. The molecule has 1 amide bonds. The van der Waals surface area contributed by atoms with Gasteiger partial charge in [0, 0.05) is 36.3 Å². The highest BCUT2D eigenvalue weighted by Crippen LogP contribution is 2.22. The van der Waals surface area contributed by atoms with Crippen molar-refractivity contribution in [2.24, 2.45) is 5.92 Å². The van der Waals surface area contributed by atoms with E-state index in [2.05, 4.69) is 17.2 Å². The number of nitrogens with zero attached hydrogens (tertiary/aromatic N) is 2. The Morgan fingerprint density at radius 1 is 1.33 bits per heavy atom. The monoisotopic (exact) mass is 283 g/mol. The predicted molar refractivity (Wildman–Crippen MR) is 84.3 cm³/mol. The number of hydrogen-bond acceptors (Lipinski definition) is 3. The van der Waals surface area contributed by atoms with Crippen LogP contribution in [-0.4, -0.2) is 42.0 Å². The number of benzene rings is 1. The quantitative estimate of drug-likeness (QED) is 0.920. The normalized spacial score (nSPS) is 22.5. The third-order valence-corrected chi connectivity index (χ3v) is 4.44. The van der Waals surface area contributed by atoms with Crippen molar-refractivity contribution in [3.8, 4) is 0 Å². The van der Waals surface area contributed by atoms with Crippen LogP contribution in [0.25, 0.3) is 10.9 Å². The molecule has 1 fully saturated rings. The summed E-state index contributed by atoms with van der Waals surface area (Å²) in [5.41, 5.74) is 1.64. The van der Waals surface area contributed by atoms with Crippen molar-refractivity contribution >= 4 is 16.8 Å². The van der Waals surface area contributed by atoms with E-state index in [-0.39, 0.29) is 5.91 Å². The summed E-state index contributed by atoms with van der Waals surface area (Å²) in [5, 5.41) is 4.27. The molecule has 1 aromatic carbocycles. The SMILES string of the molecule is CNC1CCN(C(=O)c2cccc3ncccc23)CC1C. The fraction of sp³-hybridized carbons (Fsp3) is 0.412. The zero-order valence-electron chi connectivity index (χ0n) is 12.5. The van der Waals surface area contributed by atoms with Gasteiger partial charge in [-0.3, -0.25) is 9.78 Å². The van der Waals surface area contributed by atoms with E-state index in [1.165, 1.54) is 0 Å². The van der Waals surface area contributed by atoms with Crippen LogP contribution in [0.15, 0.2) is 36.5 Å². The Kier molecular flexibility index (Phi) is 3.88. The summed E-state index contributed by atoms with van der Waals surface area (Å²) in [5.74, 6) is 0.593. The largest absolute Gasteiger partial charge is 0.338 e. The van der Waals surface area contributed by atoms with Crippen LogP contribution in [0.3, 0.4) is 0 Å². The molecule has 2 atom stereocenters. The lowest BCUT2D eigenvalue weighted by molar-refractivity contribution is 0.0651. The van der Waals surface area contributed by atoms with Gasteiger partial charge in [0.25, 0.3) is 5.91 Å². The van der Waals surface area contributed by atoms with Gasteiger partial charge in [0.1, 0.15) is 0 Å². The van der Waals surface area contributed by atoms with E-state index in [0.29, 0.717) is 12.0 Å². The lowest BCUT2D eigenvalue weighted by Crippen LogP contribution is -2.49. The molecule has 0 aliphatic carbocycles. The first kappa shape index (κ1) is 14.0. The van der Waals surface area contributed by atoms with E-state index in [4.69, 9.17) is 0 Å². The second-order valence-electron chi connectivity index (χ2n) is 5.79. The Bertz CT molecular complexity index is 650. The van der Waals surface area contributed by atoms with Crippen LogP contribution in [0.1, 0.15) is 23.7 Å². The standard InChI is InChI=1S/C17H21N3O/c1-12-11-20(10-8-15(12)18-2)17(21)14-5-3-7-16-13(14)6-4-9-19-16/h3-7,9,12,15,18H,8,10-11H2,1-2H3. The van der Waals surface area contributed by atoms with Crippen molar-refractivity contribution in [3.05, 3.63) is 42.1 Å². The molecular formula is C17H21N3O. The van der Waals surface area contributed by atoms with Crippen molar-refractivity contribution < 1.29 is 4.79 Å². The number of hydrogen-bond donors (Lipinski definition) is 1. The average molecular weight is 283 g/mol. The zero-order valence-corrected chi connectivity index (χ0v) is 12.5. The number of carbonyl (C=O) groups excluding carboxylic acids is 1. The molecule has 110 valence electrons. The molecule has 2 unspecified atom stereocenters. The van der Waals surface area contributed by atoms with E-state index < -0.39 is 0 Å². The molecule has 1 aromatic heterocycles. The van der Waals surface area contributed by atoms with Crippen LogP contribution in [-0.2, 0) is 0 Å². The second kappa shape index (κ2) is 5.82. The minimum absolute atomic E-state index is 0.120. The Balaban J connectivity index is 1.88. The molecular weight excluding hydrogens is 262 g/mol. The van der Waals surface area contributed by atoms with Crippen LogP contribution >= 0.6 is 0 Å². The number of fused-ring (bicyclic) bond motifs is 1. The summed E-state index contributed by atoms with van der Waals surface area (Å²) in [7, 11) is 2.00. The van der Waals surface area contributed by atoms with Crippen LogP contribution in [0.4, 0.5) is 0 Å². The van der Waals surface area contributed by atoms with Gasteiger partial charge in [-0.1, -0.05) is 19.1 Å². The third-order valence-electron chi connectivity index (χ3n) is 4.44. The summed E-state index contributed by atoms with van der Waals surface area (Å²) in [6.45, 7) is 3.82. The topological polar surface area (TPSA) is 45.2 Å². The molecule has 2 heterocycles. The zero-order chi connectivity index (χ0) is 14.8. The highest BCUT2D eigenvalue weighted by Gasteiger charge is 2.28. The summed E-state index contributed by atoms with van der Waals surface area (Å²) >= 11 is 0. The number of pyridine rings is 1. The summed E-state index contributed by atoms with van der Waals surface area (Å²) in [4.78, 5) is 19.1. The average Bonchev–Trinajstić information content (AvgIpc) is 2.53. The van der Waals surface area contributed by atoms with Crippen molar-refractivity contribution in [2.75, 3.05) is 20.1 Å². The van der Waals surface area contributed by atoms with Gasteiger partial charge >= 0.3 is 0 Å². The molecule has 4 heteroatoms. The van der Waals surface area contributed by atoms with Crippen LogP contribution in [0.5, 0.6) is 0 Å². The first-order chi connectivity index (χ1) is 10.2. The minimum Gasteiger partial charge on any atom is -0.338 e. The van der Waals surface area contributed by atoms with Crippen LogP contribution in [0.2, 0.25) is 0 Å². The number of aromatic nitrogens is 1. The molecule has 0 bridgehead atoms. The Morgan fingerprint density at radius 2 is 2.19 bits per heavy atom. The van der Waals surface area contributed by atoms with Gasteiger partial charge in [0.15, 0.2) is 0 Å².